The molecule has 0 fully saturated rings. The van der Waals surface area contributed by atoms with E-state index in [1.807, 2.05) is 0 Å². The normalized spacial score (nSPS) is 11.8. The van der Waals surface area contributed by atoms with Crippen LogP contribution in [0.25, 0.3) is 22.2 Å². The van der Waals surface area contributed by atoms with Crippen LogP contribution in [-0.2, 0) is 29.5 Å². The molecule has 11 heteroatoms. The number of furan rings is 1. The summed E-state index contributed by atoms with van der Waals surface area (Å²) in [5.74, 6) is -2.78. The molecule has 0 aliphatic rings. The number of carboxylic acid groups (broad SMARTS) is 1. The van der Waals surface area contributed by atoms with E-state index in [1.54, 1.807) is 82.3 Å². The van der Waals surface area contributed by atoms with Crippen LogP contribution in [0.1, 0.15) is 63.7 Å². The number of aromatic nitrogens is 2. The Hall–Kier alpha value is -5.50. The molecule has 0 bridgehead atoms. The molecule has 1 N–H and O–H groups in total. The van der Waals surface area contributed by atoms with E-state index in [0.717, 1.165) is 6.07 Å². The van der Waals surface area contributed by atoms with Gasteiger partial charge in [-0.05, 0) is 85.8 Å². The topological polar surface area (TPSA) is 120 Å². The van der Waals surface area contributed by atoms with Crippen molar-refractivity contribution < 1.29 is 32.3 Å². The lowest BCUT2D eigenvalue weighted by Crippen LogP contribution is -2.31. The fourth-order valence-electron chi connectivity index (χ4n) is 5.14. The Kier molecular flexibility index (Phi) is 8.41. The summed E-state index contributed by atoms with van der Waals surface area (Å²) in [5, 5.41) is 19.8. The molecule has 2 aromatic carbocycles. The van der Waals surface area contributed by atoms with Gasteiger partial charge in [0.25, 0.3) is 5.91 Å². The lowest BCUT2D eigenvalue weighted by molar-refractivity contribution is -0.153. The van der Waals surface area contributed by atoms with Crippen molar-refractivity contribution in [3.05, 3.63) is 118 Å². The maximum atomic E-state index is 14.3. The molecule has 5 aromatic rings. The molecule has 3 aromatic heterocycles. The largest absolute Gasteiger partial charge is 0.481 e. The van der Waals surface area contributed by atoms with Gasteiger partial charge < -0.3 is 14.4 Å². The van der Waals surface area contributed by atoms with Gasteiger partial charge in [-0.2, -0.15) is 18.4 Å². The number of fused-ring (bicyclic) bond motifs is 1. The molecule has 1 amide bonds. The molecule has 0 saturated heterocycles. The third-order valence-corrected chi connectivity index (χ3v) is 8.06. The van der Waals surface area contributed by atoms with Gasteiger partial charge >= 0.3 is 12.1 Å². The zero-order valence-corrected chi connectivity index (χ0v) is 25.4. The number of pyridine rings is 2. The second-order valence-electron chi connectivity index (χ2n) is 11.5. The smallest absolute Gasteiger partial charge is 0.449 e. The Morgan fingerprint density at radius 1 is 0.978 bits per heavy atom. The summed E-state index contributed by atoms with van der Waals surface area (Å²) in [6.45, 7) is 6.24. The van der Waals surface area contributed by atoms with Crippen molar-refractivity contribution in [2.24, 2.45) is 0 Å². The van der Waals surface area contributed by atoms with E-state index >= 15 is 0 Å². The molecule has 3 heterocycles. The zero-order valence-electron chi connectivity index (χ0n) is 25.4. The Bertz CT molecular complexity index is 2020. The zero-order chi connectivity index (χ0) is 33.4. The van der Waals surface area contributed by atoms with Gasteiger partial charge in [0.15, 0.2) is 0 Å². The number of carboxylic acids is 1. The molecule has 8 nitrogen and oxygen atoms in total. The number of hydrogen-bond acceptors (Lipinski definition) is 6. The highest BCUT2D eigenvalue weighted by Crippen LogP contribution is 2.33. The van der Waals surface area contributed by atoms with Crippen LogP contribution in [0.15, 0.2) is 77.3 Å². The molecule has 234 valence electrons. The third kappa shape index (κ3) is 6.19. The van der Waals surface area contributed by atoms with Crippen LogP contribution in [0.3, 0.4) is 0 Å². The summed E-state index contributed by atoms with van der Waals surface area (Å²) >= 11 is 0. The maximum Gasteiger partial charge on any atom is 0.449 e. The summed E-state index contributed by atoms with van der Waals surface area (Å²) in [7, 11) is 0. The summed E-state index contributed by atoms with van der Waals surface area (Å²) < 4.78 is 45.1. The predicted octanol–water partition coefficient (Wildman–Crippen LogP) is 7.60. The quantitative estimate of drug-likeness (QED) is 0.188. The lowest BCUT2D eigenvalue weighted by atomic mass is 9.83. The first-order valence-corrected chi connectivity index (χ1v) is 14.2. The highest BCUT2D eigenvalue weighted by atomic mass is 19.4. The van der Waals surface area contributed by atoms with Crippen molar-refractivity contribution in [3.63, 3.8) is 0 Å². The molecular formula is C35H29F3N4O4. The molecule has 46 heavy (non-hydrogen) atoms. The molecule has 0 saturated carbocycles. The standard InChI is InChI=1S/C35H29F3N4O4/c1-20-21(2)41-28-9-6-14-40-31(28)30(20)32(43)42(19-27-12-13-29(46-27)35(36,37)38)18-24-11-10-23(15-25(24)17-39)22-7-5-8-26(16-22)34(3,4)33(44)45/h5-16H,18-19H2,1-4H3,(H,44,45). The van der Waals surface area contributed by atoms with E-state index < -0.39 is 29.2 Å². The molecular weight excluding hydrogens is 597 g/mol. The predicted molar refractivity (Wildman–Crippen MR) is 164 cm³/mol. The van der Waals surface area contributed by atoms with Crippen molar-refractivity contribution in [2.75, 3.05) is 0 Å². The van der Waals surface area contributed by atoms with Crippen LogP contribution in [0.5, 0.6) is 0 Å². The molecule has 0 radical (unpaired) electrons. The van der Waals surface area contributed by atoms with Gasteiger partial charge in [-0.3, -0.25) is 19.6 Å². The number of halogens is 3. The summed E-state index contributed by atoms with van der Waals surface area (Å²) in [5.41, 5.74) is 3.71. The number of hydrogen-bond donors (Lipinski definition) is 1. The fraction of sp³-hybridized carbons (Fsp3) is 0.229. The Labute approximate surface area is 262 Å². The minimum absolute atomic E-state index is 0.0886. The summed E-state index contributed by atoms with van der Waals surface area (Å²) in [6, 6.07) is 19.6. The molecule has 0 spiro atoms. The molecule has 0 atom stereocenters. The summed E-state index contributed by atoms with van der Waals surface area (Å²) in [6.07, 6.45) is -3.17. The van der Waals surface area contributed by atoms with Crippen LogP contribution >= 0.6 is 0 Å². The number of rotatable bonds is 8. The molecule has 0 unspecified atom stereocenters. The van der Waals surface area contributed by atoms with Gasteiger partial charge in [0.2, 0.25) is 5.76 Å². The van der Waals surface area contributed by atoms with Crippen LogP contribution in [-0.4, -0.2) is 31.9 Å². The van der Waals surface area contributed by atoms with E-state index in [0.29, 0.717) is 44.5 Å². The highest BCUT2D eigenvalue weighted by Gasteiger charge is 2.35. The Morgan fingerprint density at radius 2 is 1.72 bits per heavy atom. The molecule has 0 aliphatic carbocycles. The molecule has 0 aliphatic heterocycles. The van der Waals surface area contributed by atoms with Crippen molar-refractivity contribution in [3.8, 4) is 17.2 Å². The first kappa shape index (κ1) is 31.9. The second kappa shape index (κ2) is 12.1. The Balaban J connectivity index is 1.57. The minimum Gasteiger partial charge on any atom is -0.481 e. The number of alkyl halides is 3. The minimum atomic E-state index is -4.70. The number of benzene rings is 2. The number of amides is 1. The van der Waals surface area contributed by atoms with Crippen molar-refractivity contribution in [1.82, 2.24) is 14.9 Å². The molecule has 5 rings (SSSR count). The average Bonchev–Trinajstić information content (AvgIpc) is 3.51. The van der Waals surface area contributed by atoms with Crippen molar-refractivity contribution in [2.45, 2.75) is 52.4 Å². The van der Waals surface area contributed by atoms with Gasteiger partial charge in [0.05, 0.1) is 34.7 Å². The van der Waals surface area contributed by atoms with E-state index in [-0.39, 0.29) is 30.0 Å². The van der Waals surface area contributed by atoms with Gasteiger partial charge in [-0.1, -0.05) is 36.4 Å². The van der Waals surface area contributed by atoms with E-state index in [4.69, 9.17) is 4.42 Å². The fourth-order valence-corrected chi connectivity index (χ4v) is 5.14. The second-order valence-corrected chi connectivity index (χ2v) is 11.5. The summed E-state index contributed by atoms with van der Waals surface area (Å²) in [4.78, 5) is 36.3. The number of nitrogens with zero attached hydrogens (tertiary/aromatic N) is 4. The van der Waals surface area contributed by atoms with Crippen LogP contribution in [0.4, 0.5) is 13.2 Å². The number of aliphatic carboxylic acids is 1. The van der Waals surface area contributed by atoms with Crippen LogP contribution in [0, 0.1) is 25.2 Å². The SMILES string of the molecule is Cc1nc2cccnc2c(C(=O)N(Cc2ccc(C(F)(F)F)o2)Cc2ccc(-c3cccc(C(C)(C)C(=O)O)c3)cc2C#N)c1C. The van der Waals surface area contributed by atoms with Gasteiger partial charge in [0.1, 0.15) is 11.3 Å². The van der Waals surface area contributed by atoms with E-state index in [9.17, 15) is 33.1 Å². The number of carbonyl (C=O) groups excluding carboxylic acids is 1. The first-order chi connectivity index (χ1) is 21.7. The maximum absolute atomic E-state index is 14.3. The van der Waals surface area contributed by atoms with Crippen molar-refractivity contribution in [1.29, 1.82) is 5.26 Å². The van der Waals surface area contributed by atoms with Gasteiger partial charge in [-0.15, -0.1) is 0 Å². The Morgan fingerprint density at radius 3 is 2.39 bits per heavy atom. The van der Waals surface area contributed by atoms with Gasteiger partial charge in [-0.25, -0.2) is 0 Å². The lowest BCUT2D eigenvalue weighted by Gasteiger charge is -2.24. The third-order valence-electron chi connectivity index (χ3n) is 8.06. The van der Waals surface area contributed by atoms with E-state index in [2.05, 4.69) is 16.0 Å². The van der Waals surface area contributed by atoms with Crippen LogP contribution < -0.4 is 0 Å². The average molecular weight is 627 g/mol. The monoisotopic (exact) mass is 626 g/mol. The van der Waals surface area contributed by atoms with Gasteiger partial charge in [0, 0.05) is 18.4 Å². The van der Waals surface area contributed by atoms with E-state index in [1.165, 1.54) is 17.2 Å². The number of aryl methyl sites for hydroxylation is 1. The number of carbonyl (C=O) groups is 2. The van der Waals surface area contributed by atoms with Crippen LogP contribution in [0.2, 0.25) is 0 Å². The van der Waals surface area contributed by atoms with Crippen molar-refractivity contribution >= 4 is 22.9 Å². The first-order valence-electron chi connectivity index (χ1n) is 14.2. The number of nitriles is 1. The highest BCUT2D eigenvalue weighted by molar-refractivity contribution is 6.06.